The lowest BCUT2D eigenvalue weighted by Crippen LogP contribution is -2.34. The third-order valence-electron chi connectivity index (χ3n) is 2.40. The lowest BCUT2D eigenvalue weighted by molar-refractivity contribution is 0.0956. The molecular formula is C11H14BrClN2O3S. The van der Waals surface area contributed by atoms with E-state index in [1.165, 1.54) is 14.1 Å². The molecule has 0 aliphatic rings. The molecule has 0 fully saturated rings. The lowest BCUT2D eigenvalue weighted by atomic mass is 10.2. The standard InChI is InChI=1S/C11H14BrClN2O3S/c1-15(2)19(17,18)7-6-14-11(16)8-4-3-5-9(12)10(8)13/h3-5H,6-7H2,1-2H3,(H,14,16). The zero-order chi connectivity index (χ0) is 14.6. The van der Waals surface area contributed by atoms with Crippen LogP contribution in [0, 0.1) is 0 Å². The van der Waals surface area contributed by atoms with Crippen LogP contribution in [0.3, 0.4) is 0 Å². The molecule has 0 heterocycles. The Morgan fingerprint density at radius 2 is 2.05 bits per heavy atom. The molecule has 8 heteroatoms. The molecule has 0 aliphatic heterocycles. The minimum atomic E-state index is -3.32. The van der Waals surface area contributed by atoms with Crippen LogP contribution >= 0.6 is 27.5 Å². The van der Waals surface area contributed by atoms with Gasteiger partial charge in [0.2, 0.25) is 10.0 Å². The molecule has 1 aromatic rings. The summed E-state index contributed by atoms with van der Waals surface area (Å²) in [6, 6.07) is 4.97. The molecule has 1 amide bonds. The van der Waals surface area contributed by atoms with Crippen LogP contribution in [0.1, 0.15) is 10.4 Å². The van der Waals surface area contributed by atoms with Crippen LogP contribution in [0.2, 0.25) is 5.02 Å². The average Bonchev–Trinajstić information content (AvgIpc) is 2.32. The predicted octanol–water partition coefficient (Wildman–Crippen LogP) is 1.72. The number of benzene rings is 1. The Morgan fingerprint density at radius 1 is 1.42 bits per heavy atom. The van der Waals surface area contributed by atoms with Gasteiger partial charge in [0.15, 0.2) is 0 Å². The fourth-order valence-corrected chi connectivity index (χ4v) is 2.55. The molecule has 0 spiro atoms. The first kappa shape index (κ1) is 16.4. The number of carbonyl (C=O) groups is 1. The normalized spacial score (nSPS) is 11.6. The Bertz CT molecular complexity index is 575. The van der Waals surface area contributed by atoms with Crippen LogP contribution in [0.5, 0.6) is 0 Å². The van der Waals surface area contributed by atoms with E-state index < -0.39 is 15.9 Å². The topological polar surface area (TPSA) is 66.5 Å². The first-order valence-corrected chi connectivity index (χ1v) is 8.16. The van der Waals surface area contributed by atoms with Gasteiger partial charge in [-0.3, -0.25) is 4.79 Å². The van der Waals surface area contributed by atoms with Crippen LogP contribution in [0.4, 0.5) is 0 Å². The van der Waals surface area contributed by atoms with Crippen LogP contribution in [0.15, 0.2) is 22.7 Å². The van der Waals surface area contributed by atoms with Gasteiger partial charge in [-0.2, -0.15) is 0 Å². The number of hydrogen-bond donors (Lipinski definition) is 1. The first-order valence-electron chi connectivity index (χ1n) is 5.38. The highest BCUT2D eigenvalue weighted by molar-refractivity contribution is 9.10. The number of carbonyl (C=O) groups excluding carboxylic acids is 1. The first-order chi connectivity index (χ1) is 8.75. The quantitative estimate of drug-likeness (QED) is 0.859. The van der Waals surface area contributed by atoms with E-state index in [2.05, 4.69) is 21.2 Å². The lowest BCUT2D eigenvalue weighted by Gasteiger charge is -2.12. The van der Waals surface area contributed by atoms with E-state index in [0.29, 0.717) is 15.1 Å². The maximum absolute atomic E-state index is 11.8. The summed E-state index contributed by atoms with van der Waals surface area (Å²) >= 11 is 9.19. The van der Waals surface area contributed by atoms with Gasteiger partial charge in [0.25, 0.3) is 5.91 Å². The van der Waals surface area contributed by atoms with Crippen molar-refractivity contribution in [1.29, 1.82) is 0 Å². The van der Waals surface area contributed by atoms with Gasteiger partial charge in [-0.05, 0) is 28.1 Å². The van der Waals surface area contributed by atoms with Gasteiger partial charge in [-0.15, -0.1) is 0 Å². The highest BCUT2D eigenvalue weighted by Gasteiger charge is 2.15. The van der Waals surface area contributed by atoms with Crippen LogP contribution in [-0.2, 0) is 10.0 Å². The van der Waals surface area contributed by atoms with Crippen LogP contribution < -0.4 is 5.32 Å². The van der Waals surface area contributed by atoms with Crippen molar-refractivity contribution >= 4 is 43.5 Å². The van der Waals surface area contributed by atoms with Crippen molar-refractivity contribution in [1.82, 2.24) is 9.62 Å². The summed E-state index contributed by atoms with van der Waals surface area (Å²) in [5.41, 5.74) is 0.304. The molecule has 0 unspecified atom stereocenters. The second-order valence-corrected chi connectivity index (χ2v) is 7.49. The summed E-state index contributed by atoms with van der Waals surface area (Å²) in [5, 5.41) is 2.83. The van der Waals surface area contributed by atoms with E-state index >= 15 is 0 Å². The van der Waals surface area contributed by atoms with Gasteiger partial charge in [-0.25, -0.2) is 12.7 Å². The predicted molar refractivity (Wildman–Crippen MR) is 79.0 cm³/mol. The number of amides is 1. The Balaban J connectivity index is 2.65. The molecule has 0 aromatic heterocycles. The second kappa shape index (κ2) is 6.69. The third-order valence-corrected chi connectivity index (χ3v) is 5.53. The minimum absolute atomic E-state index is 0.0299. The fourth-order valence-electron chi connectivity index (χ4n) is 1.25. The van der Waals surface area contributed by atoms with Crippen molar-refractivity contribution in [3.8, 4) is 0 Å². The van der Waals surface area contributed by atoms with E-state index in [1.807, 2.05) is 0 Å². The van der Waals surface area contributed by atoms with Crippen LogP contribution in [0.25, 0.3) is 0 Å². The molecule has 1 rings (SSSR count). The van der Waals surface area contributed by atoms with Crippen molar-refractivity contribution in [2.75, 3.05) is 26.4 Å². The number of hydrogen-bond acceptors (Lipinski definition) is 3. The van der Waals surface area contributed by atoms with Crippen molar-refractivity contribution in [2.24, 2.45) is 0 Å². The zero-order valence-electron chi connectivity index (χ0n) is 10.5. The van der Waals surface area contributed by atoms with Crippen molar-refractivity contribution in [3.63, 3.8) is 0 Å². The Morgan fingerprint density at radius 3 is 2.63 bits per heavy atom. The summed E-state index contributed by atoms with van der Waals surface area (Å²) in [6.07, 6.45) is 0. The molecule has 0 radical (unpaired) electrons. The number of rotatable bonds is 5. The molecule has 0 saturated carbocycles. The SMILES string of the molecule is CN(C)S(=O)(=O)CCNC(=O)c1cccc(Br)c1Cl. The number of halogens is 2. The summed E-state index contributed by atoms with van der Waals surface area (Å²) < 4.78 is 24.8. The van der Waals surface area contributed by atoms with Gasteiger partial charge in [0.05, 0.1) is 16.3 Å². The largest absolute Gasteiger partial charge is 0.351 e. The maximum Gasteiger partial charge on any atom is 0.252 e. The Hall–Kier alpha value is -0.630. The van der Waals surface area contributed by atoms with Crippen molar-refractivity contribution in [2.45, 2.75) is 0 Å². The zero-order valence-corrected chi connectivity index (χ0v) is 13.6. The third kappa shape index (κ3) is 4.45. The molecular weight excluding hydrogens is 356 g/mol. The summed E-state index contributed by atoms with van der Waals surface area (Å²) in [4.78, 5) is 11.8. The van der Waals surface area contributed by atoms with E-state index in [9.17, 15) is 13.2 Å². The molecule has 0 aliphatic carbocycles. The molecule has 5 nitrogen and oxygen atoms in total. The highest BCUT2D eigenvalue weighted by Crippen LogP contribution is 2.25. The van der Waals surface area contributed by atoms with Crippen LogP contribution in [-0.4, -0.2) is 45.0 Å². The molecule has 106 valence electrons. The average molecular weight is 370 g/mol. The van der Waals surface area contributed by atoms with E-state index in [4.69, 9.17) is 11.6 Å². The van der Waals surface area contributed by atoms with Crippen molar-refractivity contribution in [3.05, 3.63) is 33.3 Å². The fraction of sp³-hybridized carbons (Fsp3) is 0.364. The van der Waals surface area contributed by atoms with E-state index in [0.717, 1.165) is 4.31 Å². The molecule has 1 aromatic carbocycles. The summed E-state index contributed by atoms with van der Waals surface area (Å²) in [6.45, 7) is 0.0299. The molecule has 0 atom stereocenters. The smallest absolute Gasteiger partial charge is 0.252 e. The second-order valence-electron chi connectivity index (χ2n) is 3.96. The molecule has 0 bridgehead atoms. The van der Waals surface area contributed by atoms with E-state index in [1.54, 1.807) is 18.2 Å². The molecule has 19 heavy (non-hydrogen) atoms. The highest BCUT2D eigenvalue weighted by atomic mass is 79.9. The number of nitrogens with one attached hydrogen (secondary N) is 1. The summed E-state index contributed by atoms with van der Waals surface area (Å²) in [7, 11) is -0.424. The molecule has 1 N–H and O–H groups in total. The minimum Gasteiger partial charge on any atom is -0.351 e. The molecule has 0 saturated heterocycles. The van der Waals surface area contributed by atoms with Gasteiger partial charge in [0.1, 0.15) is 0 Å². The van der Waals surface area contributed by atoms with Gasteiger partial charge < -0.3 is 5.32 Å². The maximum atomic E-state index is 11.8. The van der Waals surface area contributed by atoms with E-state index in [-0.39, 0.29) is 12.3 Å². The van der Waals surface area contributed by atoms with Gasteiger partial charge in [-0.1, -0.05) is 17.7 Å². The van der Waals surface area contributed by atoms with Gasteiger partial charge in [0, 0.05) is 25.1 Å². The van der Waals surface area contributed by atoms with Crippen molar-refractivity contribution < 1.29 is 13.2 Å². The number of sulfonamides is 1. The Labute approximate surface area is 126 Å². The Kier molecular flexibility index (Phi) is 5.79. The number of nitrogens with zero attached hydrogens (tertiary/aromatic N) is 1. The van der Waals surface area contributed by atoms with Gasteiger partial charge >= 0.3 is 0 Å². The monoisotopic (exact) mass is 368 g/mol. The summed E-state index contributed by atoms with van der Waals surface area (Å²) in [5.74, 6) is -0.558.